The van der Waals surface area contributed by atoms with Crippen LogP contribution in [0.15, 0.2) is 76.6 Å². The molecule has 0 aliphatic carbocycles. The van der Waals surface area contributed by atoms with Crippen molar-refractivity contribution in [1.29, 1.82) is 0 Å². The predicted octanol–water partition coefficient (Wildman–Crippen LogP) is 5.48. The number of rotatable bonds is 5. The molecule has 0 spiro atoms. The Kier molecular flexibility index (Phi) is 5.63. The highest BCUT2D eigenvalue weighted by molar-refractivity contribution is 7.87. The molecule has 0 radical (unpaired) electrons. The van der Waals surface area contributed by atoms with Crippen molar-refractivity contribution in [3.05, 3.63) is 88.4 Å². The van der Waals surface area contributed by atoms with Crippen molar-refractivity contribution in [1.82, 2.24) is 0 Å². The van der Waals surface area contributed by atoms with Gasteiger partial charge in [0.1, 0.15) is 4.90 Å². The largest absolute Gasteiger partial charge is 0.378 e. The molecule has 0 unspecified atom stereocenters. The molecular weight excluding hydrogens is 382 g/mol. The Labute approximate surface area is 164 Å². The van der Waals surface area contributed by atoms with E-state index in [4.69, 9.17) is 15.8 Å². The van der Waals surface area contributed by atoms with Crippen LogP contribution in [-0.2, 0) is 10.1 Å². The van der Waals surface area contributed by atoms with Crippen molar-refractivity contribution in [2.24, 2.45) is 4.99 Å². The van der Waals surface area contributed by atoms with Crippen LogP contribution in [0.25, 0.3) is 0 Å². The number of halogens is 1. The van der Waals surface area contributed by atoms with E-state index >= 15 is 0 Å². The molecular formula is C21H18ClNO3S. The number of benzene rings is 3. The van der Waals surface area contributed by atoms with Crippen LogP contribution in [0, 0.1) is 13.8 Å². The predicted molar refractivity (Wildman–Crippen MR) is 109 cm³/mol. The fourth-order valence-corrected chi connectivity index (χ4v) is 3.60. The summed E-state index contributed by atoms with van der Waals surface area (Å²) < 4.78 is 30.4. The minimum Gasteiger partial charge on any atom is -0.378 e. The van der Waals surface area contributed by atoms with Crippen molar-refractivity contribution in [3.8, 4) is 5.75 Å². The molecule has 0 amide bonds. The molecule has 0 bridgehead atoms. The van der Waals surface area contributed by atoms with Gasteiger partial charge in [-0.2, -0.15) is 8.42 Å². The smallest absolute Gasteiger partial charge is 0.339 e. The van der Waals surface area contributed by atoms with E-state index in [2.05, 4.69) is 4.99 Å². The minimum absolute atomic E-state index is 0.0809. The van der Waals surface area contributed by atoms with Gasteiger partial charge in [-0.05, 0) is 61.4 Å². The number of aliphatic imine (C=N–C) groups is 1. The first kappa shape index (κ1) is 19.1. The fourth-order valence-electron chi connectivity index (χ4n) is 2.45. The maximum atomic E-state index is 12.5. The molecule has 6 heteroatoms. The third-order valence-electron chi connectivity index (χ3n) is 3.91. The Hall–Kier alpha value is -2.63. The summed E-state index contributed by atoms with van der Waals surface area (Å²) in [6.45, 7) is 3.94. The highest BCUT2D eigenvalue weighted by Gasteiger charge is 2.18. The molecule has 27 heavy (non-hydrogen) atoms. The monoisotopic (exact) mass is 399 g/mol. The van der Waals surface area contributed by atoms with Gasteiger partial charge in [-0.15, -0.1) is 0 Å². The van der Waals surface area contributed by atoms with Gasteiger partial charge < -0.3 is 4.18 Å². The Morgan fingerprint density at radius 2 is 1.70 bits per heavy atom. The maximum Gasteiger partial charge on any atom is 0.339 e. The molecule has 3 aromatic rings. The van der Waals surface area contributed by atoms with E-state index < -0.39 is 10.1 Å². The number of nitrogens with zero attached hydrogens (tertiary/aromatic N) is 1. The van der Waals surface area contributed by atoms with Crippen molar-refractivity contribution in [2.45, 2.75) is 18.7 Å². The average Bonchev–Trinajstić information content (AvgIpc) is 2.65. The minimum atomic E-state index is -3.95. The first-order valence-corrected chi connectivity index (χ1v) is 10.0. The van der Waals surface area contributed by atoms with E-state index in [0.717, 1.165) is 16.8 Å². The summed E-state index contributed by atoms with van der Waals surface area (Å²) in [6.07, 6.45) is 1.56. The molecule has 3 rings (SSSR count). The molecule has 0 aromatic heterocycles. The van der Waals surface area contributed by atoms with E-state index in [9.17, 15) is 8.42 Å². The molecule has 0 saturated heterocycles. The standard InChI is InChI=1S/C21H18ClNO3S/c1-15-8-9-16(2)20(12-15)23-14-17-13-18(22)10-11-21(17)26-27(24,25)19-6-4-3-5-7-19/h3-14H,1-2H3. The summed E-state index contributed by atoms with van der Waals surface area (Å²) >= 11 is 6.08. The van der Waals surface area contributed by atoms with Crippen LogP contribution in [0.2, 0.25) is 5.02 Å². The molecule has 4 nitrogen and oxygen atoms in total. The van der Waals surface area contributed by atoms with Crippen LogP contribution in [0.4, 0.5) is 5.69 Å². The zero-order valence-corrected chi connectivity index (χ0v) is 16.5. The van der Waals surface area contributed by atoms with Crippen molar-refractivity contribution in [3.63, 3.8) is 0 Å². The quantitative estimate of drug-likeness (QED) is 0.422. The van der Waals surface area contributed by atoms with Gasteiger partial charge in [-0.25, -0.2) is 0 Å². The zero-order chi connectivity index (χ0) is 19.4. The van der Waals surface area contributed by atoms with Crippen molar-refractivity contribution in [2.75, 3.05) is 0 Å². The normalized spacial score (nSPS) is 11.7. The molecule has 0 aliphatic heterocycles. The van der Waals surface area contributed by atoms with Gasteiger partial charge in [0.25, 0.3) is 0 Å². The van der Waals surface area contributed by atoms with Gasteiger partial charge in [0, 0.05) is 16.8 Å². The van der Waals surface area contributed by atoms with Gasteiger partial charge in [0.2, 0.25) is 0 Å². The summed E-state index contributed by atoms with van der Waals surface area (Å²) in [5.41, 5.74) is 3.37. The lowest BCUT2D eigenvalue weighted by Crippen LogP contribution is -2.10. The molecule has 0 heterocycles. The summed E-state index contributed by atoms with van der Waals surface area (Å²) in [4.78, 5) is 4.56. The van der Waals surface area contributed by atoms with Crippen molar-refractivity contribution < 1.29 is 12.6 Å². The average molecular weight is 400 g/mol. The molecule has 0 fully saturated rings. The van der Waals surface area contributed by atoms with Gasteiger partial charge >= 0.3 is 10.1 Å². The van der Waals surface area contributed by atoms with Gasteiger partial charge in [-0.3, -0.25) is 4.99 Å². The van der Waals surface area contributed by atoms with Crippen LogP contribution in [0.5, 0.6) is 5.75 Å². The number of hydrogen-bond acceptors (Lipinski definition) is 4. The highest BCUT2D eigenvalue weighted by Crippen LogP contribution is 2.26. The molecule has 0 atom stereocenters. The van der Waals surface area contributed by atoms with Gasteiger partial charge in [0.15, 0.2) is 5.75 Å². The molecule has 0 N–H and O–H groups in total. The topological polar surface area (TPSA) is 55.7 Å². The zero-order valence-electron chi connectivity index (χ0n) is 14.9. The van der Waals surface area contributed by atoms with Gasteiger partial charge in [-0.1, -0.05) is 41.9 Å². The van der Waals surface area contributed by atoms with Crippen molar-refractivity contribution >= 4 is 33.6 Å². The lowest BCUT2D eigenvalue weighted by molar-refractivity contribution is 0.485. The van der Waals surface area contributed by atoms with Crippen LogP contribution >= 0.6 is 11.6 Å². The summed E-state index contributed by atoms with van der Waals surface area (Å²) in [5, 5.41) is 0.460. The second-order valence-electron chi connectivity index (χ2n) is 6.08. The number of aryl methyl sites for hydroxylation is 2. The van der Waals surface area contributed by atoms with E-state index in [-0.39, 0.29) is 10.6 Å². The van der Waals surface area contributed by atoms with E-state index in [1.807, 2.05) is 32.0 Å². The fraction of sp³-hybridized carbons (Fsp3) is 0.0952. The maximum absolute atomic E-state index is 12.5. The highest BCUT2D eigenvalue weighted by atomic mass is 35.5. The lowest BCUT2D eigenvalue weighted by Gasteiger charge is -2.10. The van der Waals surface area contributed by atoms with Crippen LogP contribution in [-0.4, -0.2) is 14.6 Å². The van der Waals surface area contributed by atoms with Crippen LogP contribution in [0.1, 0.15) is 16.7 Å². The first-order chi connectivity index (χ1) is 12.8. The number of hydrogen-bond donors (Lipinski definition) is 0. The first-order valence-electron chi connectivity index (χ1n) is 8.25. The summed E-state index contributed by atoms with van der Waals surface area (Å²) in [6, 6.07) is 18.6. The molecule has 138 valence electrons. The Bertz CT molecular complexity index is 1090. The molecule has 0 saturated carbocycles. The lowest BCUT2D eigenvalue weighted by atomic mass is 10.1. The molecule has 3 aromatic carbocycles. The Morgan fingerprint density at radius 1 is 0.963 bits per heavy atom. The van der Waals surface area contributed by atoms with E-state index in [0.29, 0.717) is 10.6 Å². The Balaban J connectivity index is 1.96. The third kappa shape index (κ3) is 4.76. The summed E-state index contributed by atoms with van der Waals surface area (Å²) in [5.74, 6) is 0.164. The third-order valence-corrected chi connectivity index (χ3v) is 5.39. The van der Waals surface area contributed by atoms with Crippen LogP contribution < -0.4 is 4.18 Å². The van der Waals surface area contributed by atoms with Gasteiger partial charge in [0.05, 0.1) is 5.69 Å². The second-order valence-corrected chi connectivity index (χ2v) is 8.06. The van der Waals surface area contributed by atoms with Crippen LogP contribution in [0.3, 0.4) is 0 Å². The summed E-state index contributed by atoms with van der Waals surface area (Å²) in [7, 11) is -3.95. The van der Waals surface area contributed by atoms with E-state index in [1.54, 1.807) is 36.5 Å². The molecule has 0 aliphatic rings. The van der Waals surface area contributed by atoms with E-state index in [1.165, 1.54) is 18.2 Å². The Morgan fingerprint density at radius 3 is 2.44 bits per heavy atom. The second kappa shape index (κ2) is 7.94. The SMILES string of the molecule is Cc1ccc(C)c(N=Cc2cc(Cl)ccc2OS(=O)(=O)c2ccccc2)c1.